The molecule has 0 N–H and O–H groups in total. The van der Waals surface area contributed by atoms with E-state index in [-0.39, 0.29) is 0 Å². The molecule has 2 heterocycles. The molecule has 0 bridgehead atoms. The number of rotatable bonds is 1. The fourth-order valence-corrected chi connectivity index (χ4v) is 2.07. The Morgan fingerprint density at radius 3 is 2.47 bits per heavy atom. The van der Waals surface area contributed by atoms with Gasteiger partial charge in [-0.05, 0) is 12.0 Å². The van der Waals surface area contributed by atoms with E-state index in [9.17, 15) is 0 Å². The second-order valence-corrected chi connectivity index (χ2v) is 4.43. The van der Waals surface area contributed by atoms with Gasteiger partial charge in [0.1, 0.15) is 19.5 Å². The average Bonchev–Trinajstić information content (AvgIpc) is 2.35. The summed E-state index contributed by atoms with van der Waals surface area (Å²) < 4.78 is 11.1. The molecule has 17 heavy (non-hydrogen) atoms. The third-order valence-corrected chi connectivity index (χ3v) is 2.88. The van der Waals surface area contributed by atoms with Crippen LogP contribution in [-0.2, 0) is 0 Å². The van der Waals surface area contributed by atoms with Crippen LogP contribution in [0.25, 0.3) is 10.9 Å². The van der Waals surface area contributed by atoms with Crippen LogP contribution >= 0.6 is 0 Å². The lowest BCUT2D eigenvalue weighted by molar-refractivity contribution is 0.172. The fraction of sp³-hybridized carbons (Fsp3) is 0.385. The molecule has 1 aliphatic heterocycles. The minimum atomic E-state index is 0.364. The summed E-state index contributed by atoms with van der Waals surface area (Å²) in [6.07, 6.45) is 1.60. The number of hydrogen-bond donors (Lipinski definition) is 0. The zero-order chi connectivity index (χ0) is 11.8. The topological polar surface area (TPSA) is 44.2 Å². The fourth-order valence-electron chi connectivity index (χ4n) is 2.07. The van der Waals surface area contributed by atoms with Crippen LogP contribution in [0.15, 0.2) is 18.5 Å². The first-order valence-electron chi connectivity index (χ1n) is 5.80. The third kappa shape index (κ3) is 1.69. The van der Waals surface area contributed by atoms with Crippen LogP contribution < -0.4 is 9.47 Å². The van der Waals surface area contributed by atoms with Crippen LogP contribution in [0.3, 0.4) is 0 Å². The number of benzene rings is 1. The van der Waals surface area contributed by atoms with Crippen molar-refractivity contribution in [2.45, 2.75) is 19.8 Å². The average molecular weight is 230 g/mol. The summed E-state index contributed by atoms with van der Waals surface area (Å²) in [5.41, 5.74) is 1.96. The molecule has 0 amide bonds. The van der Waals surface area contributed by atoms with Crippen LogP contribution in [0.4, 0.5) is 0 Å². The first-order chi connectivity index (χ1) is 8.25. The Labute approximate surface area is 99.6 Å². The van der Waals surface area contributed by atoms with Crippen LogP contribution in [0, 0.1) is 0 Å². The number of hydrogen-bond acceptors (Lipinski definition) is 4. The van der Waals surface area contributed by atoms with Gasteiger partial charge in [-0.1, -0.05) is 13.8 Å². The second-order valence-electron chi connectivity index (χ2n) is 4.43. The van der Waals surface area contributed by atoms with Crippen LogP contribution in [0.5, 0.6) is 11.5 Å². The van der Waals surface area contributed by atoms with Gasteiger partial charge in [0.25, 0.3) is 0 Å². The Hall–Kier alpha value is -1.84. The molecule has 4 heteroatoms. The summed E-state index contributed by atoms with van der Waals surface area (Å²) in [6, 6.07) is 3.91. The molecule has 0 saturated carbocycles. The molecular weight excluding hydrogens is 216 g/mol. The van der Waals surface area contributed by atoms with Crippen molar-refractivity contribution in [1.29, 1.82) is 0 Å². The Bertz CT molecular complexity index is 567. The van der Waals surface area contributed by atoms with Gasteiger partial charge in [-0.15, -0.1) is 0 Å². The summed E-state index contributed by atoms with van der Waals surface area (Å²) in [5, 5.41) is 1.05. The molecule has 0 unspecified atom stereocenters. The molecule has 88 valence electrons. The number of aromatic nitrogens is 2. The Kier molecular flexibility index (Phi) is 2.35. The largest absolute Gasteiger partial charge is 0.486 e. The van der Waals surface area contributed by atoms with Crippen molar-refractivity contribution in [1.82, 2.24) is 9.97 Å². The standard InChI is InChI=1S/C13H14N2O2/c1-8(2)13-9-5-11-12(17-4-3-16-11)6-10(9)14-7-15-13/h5-8H,3-4H2,1-2H3. The smallest absolute Gasteiger partial charge is 0.163 e. The van der Waals surface area contributed by atoms with E-state index >= 15 is 0 Å². The summed E-state index contributed by atoms with van der Waals surface area (Å²) in [5.74, 6) is 1.93. The summed E-state index contributed by atoms with van der Waals surface area (Å²) in [4.78, 5) is 8.63. The van der Waals surface area contributed by atoms with E-state index < -0.39 is 0 Å². The third-order valence-electron chi connectivity index (χ3n) is 2.88. The second kappa shape index (κ2) is 3.87. The first-order valence-corrected chi connectivity index (χ1v) is 5.80. The Morgan fingerprint density at radius 2 is 1.76 bits per heavy atom. The van der Waals surface area contributed by atoms with E-state index in [1.807, 2.05) is 12.1 Å². The van der Waals surface area contributed by atoms with Gasteiger partial charge in [0.15, 0.2) is 11.5 Å². The van der Waals surface area contributed by atoms with Gasteiger partial charge in [0, 0.05) is 11.5 Å². The maximum Gasteiger partial charge on any atom is 0.163 e. The summed E-state index contributed by atoms with van der Waals surface area (Å²) in [6.45, 7) is 5.45. The highest BCUT2D eigenvalue weighted by Gasteiger charge is 2.16. The maximum atomic E-state index is 5.59. The summed E-state index contributed by atoms with van der Waals surface area (Å²) >= 11 is 0. The zero-order valence-corrected chi connectivity index (χ0v) is 9.93. The highest BCUT2D eigenvalue weighted by molar-refractivity contribution is 5.85. The lowest BCUT2D eigenvalue weighted by Gasteiger charge is -2.19. The molecule has 0 fully saturated rings. The van der Waals surface area contributed by atoms with Crippen LogP contribution in [0.2, 0.25) is 0 Å². The Balaban J connectivity index is 2.26. The molecule has 0 radical (unpaired) electrons. The molecule has 0 aliphatic carbocycles. The molecule has 0 saturated heterocycles. The van der Waals surface area contributed by atoms with Crippen molar-refractivity contribution >= 4 is 10.9 Å². The van der Waals surface area contributed by atoms with Gasteiger partial charge in [-0.2, -0.15) is 0 Å². The molecule has 1 aliphatic rings. The monoisotopic (exact) mass is 230 g/mol. The molecule has 3 rings (SSSR count). The Morgan fingerprint density at radius 1 is 1.06 bits per heavy atom. The SMILES string of the molecule is CC(C)c1ncnc2cc3c(cc12)OCCO3. The van der Waals surface area contributed by atoms with Crippen LogP contribution in [0.1, 0.15) is 25.5 Å². The lowest BCUT2D eigenvalue weighted by atomic mass is 10.0. The van der Waals surface area contributed by atoms with Crippen molar-refractivity contribution in [2.24, 2.45) is 0 Å². The van der Waals surface area contributed by atoms with Gasteiger partial charge < -0.3 is 9.47 Å². The normalized spacial score (nSPS) is 14.3. The molecule has 1 aromatic heterocycles. The van der Waals surface area contributed by atoms with Crippen molar-refractivity contribution in [3.05, 3.63) is 24.2 Å². The van der Waals surface area contributed by atoms with E-state index in [0.717, 1.165) is 28.1 Å². The van der Waals surface area contributed by atoms with Gasteiger partial charge in [0.05, 0.1) is 11.2 Å². The number of ether oxygens (including phenoxy) is 2. The van der Waals surface area contributed by atoms with E-state index in [1.165, 1.54) is 0 Å². The molecular formula is C13H14N2O2. The van der Waals surface area contributed by atoms with Crippen molar-refractivity contribution in [2.75, 3.05) is 13.2 Å². The quantitative estimate of drug-likeness (QED) is 0.755. The highest BCUT2D eigenvalue weighted by atomic mass is 16.6. The van der Waals surface area contributed by atoms with E-state index in [2.05, 4.69) is 23.8 Å². The molecule has 1 aromatic carbocycles. The maximum absolute atomic E-state index is 5.59. The van der Waals surface area contributed by atoms with E-state index in [4.69, 9.17) is 9.47 Å². The molecule has 0 atom stereocenters. The minimum Gasteiger partial charge on any atom is -0.486 e. The zero-order valence-electron chi connectivity index (χ0n) is 9.93. The van der Waals surface area contributed by atoms with Gasteiger partial charge in [-0.3, -0.25) is 0 Å². The first kappa shape index (κ1) is 10.3. The molecule has 2 aromatic rings. The minimum absolute atomic E-state index is 0.364. The van der Waals surface area contributed by atoms with Gasteiger partial charge in [0.2, 0.25) is 0 Å². The molecule has 0 spiro atoms. The van der Waals surface area contributed by atoms with Crippen molar-refractivity contribution in [3.8, 4) is 11.5 Å². The number of nitrogens with zero attached hydrogens (tertiary/aromatic N) is 2. The lowest BCUT2D eigenvalue weighted by Crippen LogP contribution is -2.15. The predicted molar refractivity (Wildman–Crippen MR) is 64.6 cm³/mol. The van der Waals surface area contributed by atoms with E-state index in [0.29, 0.717) is 19.1 Å². The van der Waals surface area contributed by atoms with Gasteiger partial charge in [-0.25, -0.2) is 9.97 Å². The van der Waals surface area contributed by atoms with E-state index in [1.54, 1.807) is 6.33 Å². The van der Waals surface area contributed by atoms with Crippen molar-refractivity contribution < 1.29 is 9.47 Å². The van der Waals surface area contributed by atoms with Crippen molar-refractivity contribution in [3.63, 3.8) is 0 Å². The number of fused-ring (bicyclic) bond motifs is 2. The predicted octanol–water partition coefficient (Wildman–Crippen LogP) is 2.52. The molecule has 4 nitrogen and oxygen atoms in total. The highest BCUT2D eigenvalue weighted by Crippen LogP contribution is 2.35. The van der Waals surface area contributed by atoms with Gasteiger partial charge >= 0.3 is 0 Å². The van der Waals surface area contributed by atoms with Crippen LogP contribution in [-0.4, -0.2) is 23.2 Å². The summed E-state index contributed by atoms with van der Waals surface area (Å²) in [7, 11) is 0.